The Balaban J connectivity index is 1.94. The third-order valence-electron chi connectivity index (χ3n) is 3.67. The van der Waals surface area contributed by atoms with Crippen molar-refractivity contribution in [3.8, 4) is 23.0 Å². The van der Waals surface area contributed by atoms with Crippen LogP contribution in [0.4, 0.5) is 0 Å². The molecule has 7 heteroatoms. The van der Waals surface area contributed by atoms with Crippen LogP contribution >= 0.6 is 0 Å². The van der Waals surface area contributed by atoms with E-state index in [1.165, 1.54) is 27.5 Å². The molecule has 0 saturated heterocycles. The molecule has 1 amide bonds. The summed E-state index contributed by atoms with van der Waals surface area (Å²) in [5.41, 5.74) is 4.14. The van der Waals surface area contributed by atoms with Crippen molar-refractivity contribution in [3.05, 3.63) is 47.5 Å². The van der Waals surface area contributed by atoms with Gasteiger partial charge in [-0.2, -0.15) is 5.10 Å². The molecule has 7 nitrogen and oxygen atoms in total. The summed E-state index contributed by atoms with van der Waals surface area (Å²) in [4.78, 5) is 11.9. The lowest BCUT2D eigenvalue weighted by Crippen LogP contribution is -2.17. The van der Waals surface area contributed by atoms with Crippen molar-refractivity contribution in [2.75, 3.05) is 21.3 Å². The molecule has 0 aliphatic carbocycles. The Hall–Kier alpha value is -3.22. The minimum atomic E-state index is -0.207. The van der Waals surface area contributed by atoms with E-state index in [0.717, 1.165) is 5.56 Å². The maximum atomic E-state index is 11.9. The van der Waals surface area contributed by atoms with Crippen LogP contribution < -0.4 is 19.6 Å². The first-order valence-corrected chi connectivity index (χ1v) is 7.97. The number of phenols is 1. The highest BCUT2D eigenvalue weighted by Crippen LogP contribution is 2.37. The number of phenolic OH excluding ortho intramolecular Hbond substituents is 1. The second kappa shape index (κ2) is 9.31. The molecule has 0 aliphatic heterocycles. The Kier molecular flexibility index (Phi) is 6.84. The molecule has 0 spiro atoms. The van der Waals surface area contributed by atoms with Gasteiger partial charge in [0.25, 0.3) is 0 Å². The molecule has 2 aromatic carbocycles. The number of hydrogen-bond acceptors (Lipinski definition) is 6. The molecule has 0 saturated carbocycles. The van der Waals surface area contributed by atoms with Gasteiger partial charge in [-0.25, -0.2) is 5.43 Å². The summed E-state index contributed by atoms with van der Waals surface area (Å²) in [5.74, 6) is 1.50. The third-order valence-corrected chi connectivity index (χ3v) is 3.67. The number of methoxy groups -OCH3 is 3. The van der Waals surface area contributed by atoms with Gasteiger partial charge in [-0.1, -0.05) is 12.1 Å². The number of benzene rings is 2. The summed E-state index contributed by atoms with van der Waals surface area (Å²) < 4.78 is 15.8. The van der Waals surface area contributed by atoms with Crippen molar-refractivity contribution in [1.82, 2.24) is 5.43 Å². The average molecular weight is 358 g/mol. The molecular weight excluding hydrogens is 336 g/mol. The van der Waals surface area contributed by atoms with Crippen LogP contribution in [0.15, 0.2) is 41.5 Å². The topological polar surface area (TPSA) is 89.4 Å². The SMILES string of the molecule is COc1cc(/C=N\NC(=O)CCc2ccc(O)cc2)cc(OC)c1OC. The number of carbonyl (C=O) groups excluding carboxylic acids is 1. The molecule has 2 aromatic rings. The number of aryl methyl sites for hydroxylation is 1. The van der Waals surface area contributed by atoms with E-state index in [9.17, 15) is 9.90 Å². The lowest BCUT2D eigenvalue weighted by atomic mass is 10.1. The van der Waals surface area contributed by atoms with Crippen LogP contribution in [0.5, 0.6) is 23.0 Å². The van der Waals surface area contributed by atoms with E-state index in [2.05, 4.69) is 10.5 Å². The largest absolute Gasteiger partial charge is 0.508 e. The maximum absolute atomic E-state index is 11.9. The van der Waals surface area contributed by atoms with Gasteiger partial charge < -0.3 is 19.3 Å². The van der Waals surface area contributed by atoms with Crippen LogP contribution in [0, 0.1) is 0 Å². The predicted molar refractivity (Wildman–Crippen MR) is 98.3 cm³/mol. The van der Waals surface area contributed by atoms with Gasteiger partial charge in [0.2, 0.25) is 11.7 Å². The van der Waals surface area contributed by atoms with E-state index in [-0.39, 0.29) is 18.1 Å². The molecule has 26 heavy (non-hydrogen) atoms. The highest BCUT2D eigenvalue weighted by molar-refractivity contribution is 5.84. The van der Waals surface area contributed by atoms with Crippen LogP contribution in [-0.2, 0) is 11.2 Å². The summed E-state index contributed by atoms with van der Waals surface area (Å²) in [7, 11) is 4.59. The van der Waals surface area contributed by atoms with Gasteiger partial charge in [0.15, 0.2) is 11.5 Å². The Morgan fingerprint density at radius 1 is 1.08 bits per heavy atom. The Morgan fingerprint density at radius 3 is 2.23 bits per heavy atom. The van der Waals surface area contributed by atoms with Crippen molar-refractivity contribution >= 4 is 12.1 Å². The number of hydrazone groups is 1. The Morgan fingerprint density at radius 2 is 1.69 bits per heavy atom. The number of carbonyl (C=O) groups is 1. The fourth-order valence-electron chi connectivity index (χ4n) is 2.33. The Labute approximate surface area is 152 Å². The van der Waals surface area contributed by atoms with Gasteiger partial charge in [0, 0.05) is 12.0 Å². The minimum absolute atomic E-state index is 0.202. The van der Waals surface area contributed by atoms with Crippen LogP contribution in [0.3, 0.4) is 0 Å². The zero-order valence-corrected chi connectivity index (χ0v) is 15.0. The standard InChI is InChI=1S/C19H22N2O5/c1-24-16-10-14(11-17(25-2)19(16)26-3)12-20-21-18(23)9-6-13-4-7-15(22)8-5-13/h4-5,7-8,10-12,22H,6,9H2,1-3H3,(H,21,23)/b20-12-. The van der Waals surface area contributed by atoms with Crippen molar-refractivity contribution in [2.24, 2.45) is 5.10 Å². The fourth-order valence-corrected chi connectivity index (χ4v) is 2.33. The van der Waals surface area contributed by atoms with E-state index in [1.54, 1.807) is 36.4 Å². The number of nitrogens with one attached hydrogen (secondary N) is 1. The molecule has 0 fully saturated rings. The summed E-state index contributed by atoms with van der Waals surface area (Å²) in [6.45, 7) is 0. The Bertz CT molecular complexity index is 747. The van der Waals surface area contributed by atoms with E-state index in [1.807, 2.05) is 0 Å². The number of amides is 1. The number of rotatable bonds is 8. The summed E-state index contributed by atoms with van der Waals surface area (Å²) >= 11 is 0. The quantitative estimate of drug-likeness (QED) is 0.559. The molecule has 0 atom stereocenters. The third kappa shape index (κ3) is 5.14. The molecule has 138 valence electrons. The molecule has 0 heterocycles. The van der Waals surface area contributed by atoms with Gasteiger partial charge in [0.05, 0.1) is 27.5 Å². The minimum Gasteiger partial charge on any atom is -0.508 e. The number of hydrogen-bond donors (Lipinski definition) is 2. The molecule has 2 rings (SSSR count). The molecule has 0 aromatic heterocycles. The van der Waals surface area contributed by atoms with E-state index in [4.69, 9.17) is 14.2 Å². The van der Waals surface area contributed by atoms with Gasteiger partial charge in [0.1, 0.15) is 5.75 Å². The zero-order chi connectivity index (χ0) is 18.9. The second-order valence-electron chi connectivity index (χ2n) is 5.42. The normalized spacial score (nSPS) is 10.6. The van der Waals surface area contributed by atoms with Gasteiger partial charge in [-0.05, 0) is 36.2 Å². The van der Waals surface area contributed by atoms with Crippen LogP contribution in [0.25, 0.3) is 0 Å². The van der Waals surface area contributed by atoms with Crippen LogP contribution in [0.2, 0.25) is 0 Å². The number of aromatic hydroxyl groups is 1. The number of ether oxygens (including phenoxy) is 3. The number of nitrogens with zero attached hydrogens (tertiary/aromatic N) is 1. The summed E-state index contributed by atoms with van der Waals surface area (Å²) in [5, 5.41) is 13.2. The lowest BCUT2D eigenvalue weighted by molar-refractivity contribution is -0.121. The highest BCUT2D eigenvalue weighted by atomic mass is 16.5. The van der Waals surface area contributed by atoms with Crippen molar-refractivity contribution < 1.29 is 24.1 Å². The van der Waals surface area contributed by atoms with Gasteiger partial charge >= 0.3 is 0 Å². The first kappa shape index (κ1) is 19.1. The molecular formula is C19H22N2O5. The first-order chi connectivity index (χ1) is 12.6. The van der Waals surface area contributed by atoms with Crippen LogP contribution in [0.1, 0.15) is 17.5 Å². The summed E-state index contributed by atoms with van der Waals surface area (Å²) in [6, 6.07) is 10.2. The second-order valence-corrected chi connectivity index (χ2v) is 5.42. The van der Waals surface area contributed by atoms with E-state index >= 15 is 0 Å². The van der Waals surface area contributed by atoms with Crippen molar-refractivity contribution in [2.45, 2.75) is 12.8 Å². The highest BCUT2D eigenvalue weighted by Gasteiger charge is 2.12. The molecule has 2 N–H and O–H groups in total. The molecule has 0 aliphatic rings. The summed E-state index contributed by atoms with van der Waals surface area (Å²) in [6.07, 6.45) is 2.35. The van der Waals surface area contributed by atoms with Crippen LogP contribution in [-0.4, -0.2) is 38.6 Å². The first-order valence-electron chi connectivity index (χ1n) is 7.97. The fraction of sp³-hybridized carbons (Fsp3) is 0.263. The van der Waals surface area contributed by atoms with Gasteiger partial charge in [-0.15, -0.1) is 0 Å². The molecule has 0 bridgehead atoms. The van der Waals surface area contributed by atoms with E-state index < -0.39 is 0 Å². The monoisotopic (exact) mass is 358 g/mol. The molecule has 0 unspecified atom stereocenters. The predicted octanol–water partition coefficient (Wildman–Crippen LogP) is 2.50. The lowest BCUT2D eigenvalue weighted by Gasteiger charge is -2.12. The van der Waals surface area contributed by atoms with Crippen molar-refractivity contribution in [3.63, 3.8) is 0 Å². The average Bonchev–Trinajstić information content (AvgIpc) is 2.66. The van der Waals surface area contributed by atoms with Crippen molar-refractivity contribution in [1.29, 1.82) is 0 Å². The zero-order valence-electron chi connectivity index (χ0n) is 15.0. The van der Waals surface area contributed by atoms with E-state index in [0.29, 0.717) is 29.2 Å². The molecule has 0 radical (unpaired) electrons. The smallest absolute Gasteiger partial charge is 0.240 e. The van der Waals surface area contributed by atoms with Gasteiger partial charge in [-0.3, -0.25) is 4.79 Å². The maximum Gasteiger partial charge on any atom is 0.240 e.